The van der Waals surface area contributed by atoms with Crippen molar-refractivity contribution >= 4 is 29.9 Å². The van der Waals surface area contributed by atoms with Gasteiger partial charge in [0.2, 0.25) is 0 Å². The molecule has 26 heavy (non-hydrogen) atoms. The first-order valence-corrected chi connectivity index (χ1v) is 9.00. The van der Waals surface area contributed by atoms with Gasteiger partial charge in [-0.25, -0.2) is 9.67 Å². The molecule has 1 aliphatic rings. The molecule has 1 fully saturated rings. The van der Waals surface area contributed by atoms with Crippen LogP contribution in [0.15, 0.2) is 41.9 Å². The molecule has 1 aromatic carbocycles. The number of nitrogens with one attached hydrogen (secondary N) is 1. The van der Waals surface area contributed by atoms with E-state index in [1.807, 2.05) is 11.7 Å². The van der Waals surface area contributed by atoms with Gasteiger partial charge in [0.05, 0.1) is 6.54 Å². The van der Waals surface area contributed by atoms with Crippen molar-refractivity contribution < 1.29 is 0 Å². The van der Waals surface area contributed by atoms with Crippen LogP contribution in [0.2, 0.25) is 0 Å². The average molecular weight is 468 g/mol. The third-order valence-corrected chi connectivity index (χ3v) is 4.63. The molecule has 0 bridgehead atoms. The monoisotopic (exact) mass is 468 g/mol. The number of hydrogen-bond acceptors (Lipinski definition) is 3. The van der Waals surface area contributed by atoms with Crippen LogP contribution in [-0.4, -0.2) is 45.8 Å². The summed E-state index contributed by atoms with van der Waals surface area (Å²) in [6.07, 6.45) is 4.61. The smallest absolute Gasteiger partial charge is 0.193 e. The van der Waals surface area contributed by atoms with Gasteiger partial charge >= 0.3 is 0 Å². The van der Waals surface area contributed by atoms with Gasteiger partial charge in [0, 0.05) is 26.7 Å². The number of nitrogens with zero attached hydrogens (tertiary/aromatic N) is 5. The van der Waals surface area contributed by atoms with E-state index in [2.05, 4.69) is 63.4 Å². The zero-order valence-electron chi connectivity index (χ0n) is 15.8. The normalized spacial score (nSPS) is 20.6. The number of hydrogen-bond donors (Lipinski definition) is 1. The lowest BCUT2D eigenvalue weighted by atomic mass is 9.92. The van der Waals surface area contributed by atoms with Crippen molar-refractivity contribution in [2.45, 2.75) is 33.4 Å². The molecule has 6 nitrogen and oxygen atoms in total. The summed E-state index contributed by atoms with van der Waals surface area (Å²) in [5, 5.41) is 7.69. The van der Waals surface area contributed by atoms with Crippen molar-refractivity contribution in [3.05, 3.63) is 48.0 Å². The van der Waals surface area contributed by atoms with Gasteiger partial charge in [0.15, 0.2) is 5.96 Å². The predicted molar refractivity (Wildman–Crippen MR) is 116 cm³/mol. The molecule has 2 atom stereocenters. The van der Waals surface area contributed by atoms with Gasteiger partial charge in [0.1, 0.15) is 12.7 Å². The molecule has 1 aromatic heterocycles. The number of halogens is 1. The Morgan fingerprint density at radius 2 is 1.96 bits per heavy atom. The number of aromatic nitrogens is 3. The second-order valence-electron chi connectivity index (χ2n) is 7.16. The predicted octanol–water partition coefficient (Wildman–Crippen LogP) is 3.00. The number of guanidine groups is 1. The van der Waals surface area contributed by atoms with Crippen LogP contribution in [0.5, 0.6) is 0 Å². The molecule has 1 aliphatic heterocycles. The van der Waals surface area contributed by atoms with Gasteiger partial charge in [-0.3, -0.25) is 4.99 Å². The van der Waals surface area contributed by atoms with Crippen molar-refractivity contribution in [1.82, 2.24) is 25.0 Å². The average Bonchev–Trinajstić information content (AvgIpc) is 3.08. The van der Waals surface area contributed by atoms with Gasteiger partial charge in [-0.1, -0.05) is 38.1 Å². The standard InChI is InChI=1S/C19H28N6.HI/c1-15-7-16(2)11-24(10-15)19(20-3)22-9-17-5-4-6-18(8-17)12-25-14-21-13-23-25;/h4-6,8,13-16H,7,9-12H2,1-3H3,(H,20,22);1H. The molecule has 3 rings (SSSR count). The van der Waals surface area contributed by atoms with Crippen molar-refractivity contribution in [2.75, 3.05) is 20.1 Å². The highest BCUT2D eigenvalue weighted by Crippen LogP contribution is 2.21. The zero-order valence-corrected chi connectivity index (χ0v) is 18.1. The summed E-state index contributed by atoms with van der Waals surface area (Å²) in [4.78, 5) is 10.9. The Morgan fingerprint density at radius 3 is 2.62 bits per heavy atom. The fraction of sp³-hybridized carbons (Fsp3) is 0.526. The lowest BCUT2D eigenvalue weighted by molar-refractivity contribution is 0.208. The van der Waals surface area contributed by atoms with Crippen molar-refractivity contribution in [2.24, 2.45) is 16.8 Å². The SMILES string of the molecule is CN=C(NCc1cccc(Cn2cncn2)c1)N1CC(C)CC(C)C1.I. The topological polar surface area (TPSA) is 58.3 Å². The summed E-state index contributed by atoms with van der Waals surface area (Å²) < 4.78 is 1.84. The molecule has 1 N–H and O–H groups in total. The van der Waals surface area contributed by atoms with E-state index in [0.29, 0.717) is 11.8 Å². The van der Waals surface area contributed by atoms with E-state index in [9.17, 15) is 0 Å². The minimum absolute atomic E-state index is 0. The van der Waals surface area contributed by atoms with Gasteiger partial charge in [-0.05, 0) is 29.4 Å². The first-order chi connectivity index (χ1) is 12.1. The molecule has 2 unspecified atom stereocenters. The second-order valence-corrected chi connectivity index (χ2v) is 7.16. The highest BCUT2D eigenvalue weighted by molar-refractivity contribution is 14.0. The molecule has 0 aliphatic carbocycles. The van der Waals surface area contributed by atoms with E-state index in [-0.39, 0.29) is 24.0 Å². The Bertz CT molecular complexity index is 690. The van der Waals surface area contributed by atoms with E-state index in [1.54, 1.807) is 12.7 Å². The van der Waals surface area contributed by atoms with Crippen LogP contribution in [0, 0.1) is 11.8 Å². The second kappa shape index (κ2) is 9.89. The fourth-order valence-electron chi connectivity index (χ4n) is 3.69. The summed E-state index contributed by atoms with van der Waals surface area (Å²) in [6.45, 7) is 8.32. The molecule has 142 valence electrons. The van der Waals surface area contributed by atoms with E-state index in [0.717, 1.165) is 32.1 Å². The maximum atomic E-state index is 4.49. The van der Waals surface area contributed by atoms with Crippen molar-refractivity contribution in [1.29, 1.82) is 0 Å². The molecule has 2 aromatic rings. The molecule has 1 saturated heterocycles. The van der Waals surface area contributed by atoms with Gasteiger partial charge in [-0.15, -0.1) is 24.0 Å². The third-order valence-electron chi connectivity index (χ3n) is 4.63. The van der Waals surface area contributed by atoms with E-state index in [4.69, 9.17) is 0 Å². The van der Waals surface area contributed by atoms with Gasteiger partial charge in [-0.2, -0.15) is 5.10 Å². The van der Waals surface area contributed by atoms with Crippen molar-refractivity contribution in [3.8, 4) is 0 Å². The lowest BCUT2D eigenvalue weighted by Gasteiger charge is -2.37. The van der Waals surface area contributed by atoms with Crippen LogP contribution < -0.4 is 5.32 Å². The molecule has 0 saturated carbocycles. The van der Waals surface area contributed by atoms with Crippen LogP contribution in [0.1, 0.15) is 31.4 Å². The van der Waals surface area contributed by atoms with Crippen LogP contribution in [0.3, 0.4) is 0 Å². The molecule has 0 amide bonds. The lowest BCUT2D eigenvalue weighted by Crippen LogP contribution is -2.48. The van der Waals surface area contributed by atoms with E-state index >= 15 is 0 Å². The Kier molecular flexibility index (Phi) is 7.86. The van der Waals surface area contributed by atoms with Gasteiger partial charge < -0.3 is 10.2 Å². The maximum Gasteiger partial charge on any atom is 0.193 e. The Morgan fingerprint density at radius 1 is 1.23 bits per heavy atom. The highest BCUT2D eigenvalue weighted by Gasteiger charge is 2.23. The first-order valence-electron chi connectivity index (χ1n) is 9.00. The zero-order chi connectivity index (χ0) is 17.6. The summed E-state index contributed by atoms with van der Waals surface area (Å²) in [5.74, 6) is 2.43. The quantitative estimate of drug-likeness (QED) is 0.426. The summed E-state index contributed by atoms with van der Waals surface area (Å²) in [5.41, 5.74) is 2.47. The Hall–Kier alpha value is -1.64. The van der Waals surface area contributed by atoms with Gasteiger partial charge in [0.25, 0.3) is 0 Å². The van der Waals surface area contributed by atoms with Crippen LogP contribution in [0.4, 0.5) is 0 Å². The van der Waals surface area contributed by atoms with Crippen LogP contribution in [0.25, 0.3) is 0 Å². The number of benzene rings is 1. The Balaban J connectivity index is 0.00000243. The Labute approximate surface area is 173 Å². The van der Waals surface area contributed by atoms with E-state index < -0.39 is 0 Å². The fourth-order valence-corrected chi connectivity index (χ4v) is 3.69. The maximum absolute atomic E-state index is 4.49. The highest BCUT2D eigenvalue weighted by atomic mass is 127. The number of aliphatic imine (C=N–C) groups is 1. The van der Waals surface area contributed by atoms with Crippen molar-refractivity contribution in [3.63, 3.8) is 0 Å². The first kappa shape index (κ1) is 20.7. The molecular formula is C19H29IN6. The molecule has 0 spiro atoms. The summed E-state index contributed by atoms with van der Waals surface area (Å²) >= 11 is 0. The number of likely N-dealkylation sites (tertiary alicyclic amines) is 1. The summed E-state index contributed by atoms with van der Waals surface area (Å²) in [6, 6.07) is 8.57. The third kappa shape index (κ3) is 5.69. The van der Waals surface area contributed by atoms with Crippen LogP contribution >= 0.6 is 24.0 Å². The molecule has 0 radical (unpaired) electrons. The molecule has 7 heteroatoms. The summed E-state index contributed by atoms with van der Waals surface area (Å²) in [7, 11) is 1.87. The minimum atomic E-state index is 0. The number of piperidine rings is 1. The largest absolute Gasteiger partial charge is 0.352 e. The number of rotatable bonds is 4. The minimum Gasteiger partial charge on any atom is -0.352 e. The van der Waals surface area contributed by atoms with E-state index in [1.165, 1.54) is 17.5 Å². The molecule has 2 heterocycles. The molecular weight excluding hydrogens is 439 g/mol. The van der Waals surface area contributed by atoms with Crippen LogP contribution in [-0.2, 0) is 13.1 Å².